The molecule has 2 heterocycles. The average Bonchev–Trinajstić information content (AvgIpc) is 2.75. The summed E-state index contributed by atoms with van der Waals surface area (Å²) < 4.78 is 11.2. The van der Waals surface area contributed by atoms with E-state index in [1.165, 1.54) is 5.56 Å². The maximum atomic E-state index is 9.61. The van der Waals surface area contributed by atoms with Crippen molar-refractivity contribution in [3.63, 3.8) is 0 Å². The van der Waals surface area contributed by atoms with Gasteiger partial charge in [-0.25, -0.2) is 4.99 Å². The van der Waals surface area contributed by atoms with Gasteiger partial charge in [0.1, 0.15) is 24.3 Å². The van der Waals surface area contributed by atoms with E-state index in [9.17, 15) is 5.26 Å². The molecule has 5 heteroatoms. The van der Waals surface area contributed by atoms with E-state index in [1.54, 1.807) is 0 Å². The number of hydrogen-bond donors (Lipinski definition) is 0. The van der Waals surface area contributed by atoms with Gasteiger partial charge < -0.3 is 14.4 Å². The van der Waals surface area contributed by atoms with Gasteiger partial charge in [0.25, 0.3) is 0 Å². The van der Waals surface area contributed by atoms with E-state index in [-0.39, 0.29) is 6.61 Å². The number of nitriles is 1. The smallest absolute Gasteiger partial charge is 0.129 e. The van der Waals surface area contributed by atoms with Crippen molar-refractivity contribution in [1.82, 2.24) is 4.90 Å². The van der Waals surface area contributed by atoms with E-state index in [2.05, 4.69) is 23.1 Å². The second-order valence-electron chi connectivity index (χ2n) is 6.51. The average molecular weight is 359 g/mol. The van der Waals surface area contributed by atoms with Crippen molar-refractivity contribution in [3.8, 4) is 11.8 Å². The molecule has 0 atom stereocenters. The Hall–Kier alpha value is -3.10. The monoisotopic (exact) mass is 359 g/mol. The SMILES string of the molecule is N#CC1=C(N=C(Cc2ccccc2)N2CCOCC2)c2ccccc2OC1. The highest BCUT2D eigenvalue weighted by Crippen LogP contribution is 2.34. The summed E-state index contributed by atoms with van der Waals surface area (Å²) >= 11 is 0. The lowest BCUT2D eigenvalue weighted by atomic mass is 10.0. The van der Waals surface area contributed by atoms with Crippen molar-refractivity contribution in [1.29, 1.82) is 5.26 Å². The van der Waals surface area contributed by atoms with Crippen LogP contribution in [0.2, 0.25) is 0 Å². The molecule has 2 aliphatic heterocycles. The standard InChI is InChI=1S/C22H21N3O2/c23-15-18-16-27-20-9-5-4-8-19(20)22(18)24-21(25-10-12-26-13-11-25)14-17-6-2-1-3-7-17/h1-9H,10-14,16H2. The normalized spacial score (nSPS) is 17.1. The van der Waals surface area contributed by atoms with Gasteiger partial charge in [0, 0.05) is 25.1 Å². The largest absolute Gasteiger partial charge is 0.487 e. The molecule has 0 aromatic heterocycles. The number of morpholine rings is 1. The number of aliphatic imine (C=N–C) groups is 1. The Bertz CT molecular complexity index is 907. The third-order valence-corrected chi connectivity index (χ3v) is 4.76. The zero-order chi connectivity index (χ0) is 18.5. The van der Waals surface area contributed by atoms with Gasteiger partial charge in [0.05, 0.1) is 24.5 Å². The predicted molar refractivity (Wildman–Crippen MR) is 104 cm³/mol. The summed E-state index contributed by atoms with van der Waals surface area (Å²) in [5, 5.41) is 9.61. The molecule has 4 rings (SSSR count). The molecule has 0 N–H and O–H groups in total. The fourth-order valence-electron chi connectivity index (χ4n) is 3.33. The Kier molecular flexibility index (Phi) is 5.17. The number of rotatable bonds is 3. The van der Waals surface area contributed by atoms with Gasteiger partial charge in [-0.3, -0.25) is 0 Å². The van der Waals surface area contributed by atoms with E-state index >= 15 is 0 Å². The molecule has 0 saturated carbocycles. The Morgan fingerprint density at radius 3 is 2.56 bits per heavy atom. The molecule has 0 amide bonds. The van der Waals surface area contributed by atoms with Gasteiger partial charge in [-0.15, -0.1) is 0 Å². The quantitative estimate of drug-likeness (QED) is 0.623. The minimum atomic E-state index is 0.258. The zero-order valence-electron chi connectivity index (χ0n) is 15.1. The number of hydrogen-bond acceptors (Lipinski definition) is 4. The molecule has 0 unspecified atom stereocenters. The van der Waals surface area contributed by atoms with Crippen molar-refractivity contribution in [2.75, 3.05) is 32.9 Å². The minimum absolute atomic E-state index is 0.258. The Labute approximate surface area is 159 Å². The van der Waals surface area contributed by atoms with Gasteiger partial charge in [-0.05, 0) is 17.7 Å². The third-order valence-electron chi connectivity index (χ3n) is 4.76. The van der Waals surface area contributed by atoms with E-state index in [0.29, 0.717) is 25.2 Å². The highest BCUT2D eigenvalue weighted by atomic mass is 16.5. The highest BCUT2D eigenvalue weighted by Gasteiger charge is 2.22. The summed E-state index contributed by atoms with van der Waals surface area (Å²) in [5.74, 6) is 1.74. The third kappa shape index (κ3) is 3.86. The number of amidine groups is 1. The molecule has 27 heavy (non-hydrogen) atoms. The number of fused-ring (bicyclic) bond motifs is 1. The summed E-state index contributed by atoms with van der Waals surface area (Å²) in [7, 11) is 0. The number of ether oxygens (including phenoxy) is 2. The van der Waals surface area contributed by atoms with Crippen LogP contribution in [0.25, 0.3) is 5.70 Å². The first-order valence-corrected chi connectivity index (χ1v) is 9.15. The van der Waals surface area contributed by atoms with Gasteiger partial charge in [-0.2, -0.15) is 5.26 Å². The minimum Gasteiger partial charge on any atom is -0.487 e. The number of para-hydroxylation sites is 1. The van der Waals surface area contributed by atoms with E-state index < -0.39 is 0 Å². The van der Waals surface area contributed by atoms with Crippen molar-refractivity contribution in [2.45, 2.75) is 6.42 Å². The van der Waals surface area contributed by atoms with Crippen molar-refractivity contribution >= 4 is 11.5 Å². The second kappa shape index (κ2) is 8.07. The van der Waals surface area contributed by atoms with E-state index in [4.69, 9.17) is 14.5 Å². The zero-order valence-corrected chi connectivity index (χ0v) is 15.1. The molecule has 2 aliphatic rings. The molecule has 2 aromatic rings. The summed E-state index contributed by atoms with van der Waals surface area (Å²) in [5.41, 5.74) is 3.35. The number of nitrogens with zero attached hydrogens (tertiary/aromatic N) is 3. The number of benzene rings is 2. The molecule has 0 aliphatic carbocycles. The molecule has 1 saturated heterocycles. The Balaban J connectivity index is 1.76. The fourth-order valence-corrected chi connectivity index (χ4v) is 3.33. The highest BCUT2D eigenvalue weighted by molar-refractivity contribution is 5.92. The van der Waals surface area contributed by atoms with Crippen LogP contribution in [0.4, 0.5) is 0 Å². The molecule has 0 spiro atoms. The molecule has 1 fully saturated rings. The lowest BCUT2D eigenvalue weighted by molar-refractivity contribution is 0.0674. The van der Waals surface area contributed by atoms with Gasteiger partial charge in [-0.1, -0.05) is 42.5 Å². The maximum absolute atomic E-state index is 9.61. The molecule has 136 valence electrons. The van der Waals surface area contributed by atoms with Crippen molar-refractivity contribution < 1.29 is 9.47 Å². The first-order chi connectivity index (χ1) is 13.3. The van der Waals surface area contributed by atoms with Gasteiger partial charge in [0.2, 0.25) is 0 Å². The van der Waals surface area contributed by atoms with E-state index in [1.807, 2.05) is 42.5 Å². The fraction of sp³-hybridized carbons (Fsp3) is 0.273. The molecule has 0 radical (unpaired) electrons. The topological polar surface area (TPSA) is 57.9 Å². The molecule has 5 nitrogen and oxygen atoms in total. The van der Waals surface area contributed by atoms with Crippen LogP contribution in [-0.4, -0.2) is 43.6 Å². The maximum Gasteiger partial charge on any atom is 0.129 e. The summed E-state index contributed by atoms with van der Waals surface area (Å²) in [6.45, 7) is 3.25. The van der Waals surface area contributed by atoms with E-state index in [0.717, 1.165) is 35.9 Å². The van der Waals surface area contributed by atoms with Crippen LogP contribution in [-0.2, 0) is 11.2 Å². The van der Waals surface area contributed by atoms with Crippen LogP contribution < -0.4 is 4.74 Å². The van der Waals surface area contributed by atoms with Crippen LogP contribution in [0.1, 0.15) is 11.1 Å². The van der Waals surface area contributed by atoms with Gasteiger partial charge >= 0.3 is 0 Å². The first kappa shape index (κ1) is 17.3. The van der Waals surface area contributed by atoms with Crippen LogP contribution >= 0.6 is 0 Å². The Morgan fingerprint density at radius 1 is 1.04 bits per heavy atom. The molecular weight excluding hydrogens is 338 g/mol. The van der Waals surface area contributed by atoms with Gasteiger partial charge in [0.15, 0.2) is 0 Å². The molecular formula is C22H21N3O2. The van der Waals surface area contributed by atoms with Crippen molar-refractivity contribution in [2.24, 2.45) is 4.99 Å². The first-order valence-electron chi connectivity index (χ1n) is 9.15. The van der Waals surface area contributed by atoms with Crippen LogP contribution in [0.15, 0.2) is 65.2 Å². The molecule has 2 aromatic carbocycles. The summed E-state index contributed by atoms with van der Waals surface area (Å²) in [6.07, 6.45) is 0.714. The van der Waals surface area contributed by atoms with Crippen LogP contribution in [0, 0.1) is 11.3 Å². The Morgan fingerprint density at radius 2 is 1.78 bits per heavy atom. The predicted octanol–water partition coefficient (Wildman–Crippen LogP) is 3.29. The lowest BCUT2D eigenvalue weighted by Gasteiger charge is -2.31. The lowest BCUT2D eigenvalue weighted by Crippen LogP contribution is -2.41. The summed E-state index contributed by atoms with van der Waals surface area (Å²) in [4.78, 5) is 7.27. The summed E-state index contributed by atoms with van der Waals surface area (Å²) in [6, 6.07) is 20.3. The van der Waals surface area contributed by atoms with Crippen LogP contribution in [0.5, 0.6) is 5.75 Å². The van der Waals surface area contributed by atoms with Crippen LogP contribution in [0.3, 0.4) is 0 Å². The van der Waals surface area contributed by atoms with Crippen molar-refractivity contribution in [3.05, 3.63) is 71.3 Å². The second-order valence-corrected chi connectivity index (χ2v) is 6.51. The molecule has 0 bridgehead atoms.